The number of hydrogen-bond acceptors (Lipinski definition) is 3. The van der Waals surface area contributed by atoms with Crippen LogP contribution in [0, 0.1) is 17.7 Å². The zero-order valence-electron chi connectivity index (χ0n) is 12.2. The van der Waals surface area contributed by atoms with Crippen molar-refractivity contribution in [1.82, 2.24) is 10.3 Å². The molecule has 3 nitrogen and oxygen atoms in total. The van der Waals surface area contributed by atoms with Gasteiger partial charge in [-0.1, -0.05) is 29.3 Å². The molecule has 23 heavy (non-hydrogen) atoms. The van der Waals surface area contributed by atoms with E-state index in [2.05, 4.69) is 10.3 Å². The highest BCUT2D eigenvalue weighted by Crippen LogP contribution is 2.56. The first-order chi connectivity index (χ1) is 11.1. The molecule has 1 unspecified atom stereocenters. The number of halogens is 3. The van der Waals surface area contributed by atoms with Gasteiger partial charge in [-0.25, -0.2) is 9.37 Å². The number of nitrogens with zero attached hydrogens (tertiary/aromatic N) is 1. The molecule has 0 amide bonds. The minimum absolute atomic E-state index is 0.107. The van der Waals surface area contributed by atoms with Gasteiger partial charge < -0.3 is 10.1 Å². The maximum Gasteiger partial charge on any atom is 0.213 e. The molecule has 120 valence electrons. The van der Waals surface area contributed by atoms with E-state index in [9.17, 15) is 4.39 Å². The monoisotopic (exact) mass is 352 g/mol. The second kappa shape index (κ2) is 5.93. The third-order valence-corrected chi connectivity index (χ3v) is 5.20. The number of nitrogens with one attached hydrogen (secondary N) is 1. The Morgan fingerprint density at radius 3 is 2.70 bits per heavy atom. The molecular weight excluding hydrogens is 338 g/mol. The van der Waals surface area contributed by atoms with Crippen LogP contribution in [0.1, 0.15) is 17.2 Å². The Hall–Kier alpha value is -1.36. The smallest absolute Gasteiger partial charge is 0.213 e. The van der Waals surface area contributed by atoms with Crippen molar-refractivity contribution in [3.8, 4) is 5.88 Å². The first-order valence-corrected chi connectivity index (χ1v) is 8.33. The number of hydrogen-bond donors (Lipinski definition) is 1. The van der Waals surface area contributed by atoms with Gasteiger partial charge in [-0.3, -0.25) is 0 Å². The summed E-state index contributed by atoms with van der Waals surface area (Å²) in [5, 5.41) is 4.40. The molecule has 1 saturated heterocycles. The summed E-state index contributed by atoms with van der Waals surface area (Å²) in [6.45, 7) is 2.15. The van der Waals surface area contributed by atoms with Gasteiger partial charge in [-0.15, -0.1) is 0 Å². The lowest BCUT2D eigenvalue weighted by Gasteiger charge is -2.10. The molecule has 3 atom stereocenters. The average Bonchev–Trinajstić information content (AvgIpc) is 2.99. The third-order valence-electron chi connectivity index (χ3n) is 4.65. The fourth-order valence-corrected chi connectivity index (χ4v) is 3.76. The van der Waals surface area contributed by atoms with Gasteiger partial charge in [0.25, 0.3) is 0 Å². The molecule has 1 aromatic heterocycles. The molecule has 0 bridgehead atoms. The van der Waals surface area contributed by atoms with Crippen molar-refractivity contribution in [2.45, 2.75) is 12.5 Å². The van der Waals surface area contributed by atoms with E-state index in [4.69, 9.17) is 27.9 Å². The summed E-state index contributed by atoms with van der Waals surface area (Å²) in [7, 11) is 0. The van der Waals surface area contributed by atoms with Crippen molar-refractivity contribution in [3.63, 3.8) is 0 Å². The van der Waals surface area contributed by atoms with Crippen molar-refractivity contribution in [1.29, 1.82) is 0 Å². The highest BCUT2D eigenvalue weighted by Gasteiger charge is 2.55. The van der Waals surface area contributed by atoms with E-state index >= 15 is 0 Å². The lowest BCUT2D eigenvalue weighted by Crippen LogP contribution is -2.14. The minimum Gasteiger partial charge on any atom is -0.473 e. The highest BCUT2D eigenvalue weighted by molar-refractivity contribution is 6.31. The van der Waals surface area contributed by atoms with Crippen LogP contribution in [0.5, 0.6) is 5.88 Å². The van der Waals surface area contributed by atoms with Crippen molar-refractivity contribution in [3.05, 3.63) is 57.5 Å². The Morgan fingerprint density at radius 1 is 1.17 bits per heavy atom. The zero-order chi connectivity index (χ0) is 16.0. The lowest BCUT2D eigenvalue weighted by atomic mass is 10.2. The number of fused-ring (bicyclic) bond motifs is 1. The van der Waals surface area contributed by atoms with Gasteiger partial charge in [-0.2, -0.15) is 0 Å². The van der Waals surface area contributed by atoms with Crippen LogP contribution in [-0.4, -0.2) is 18.1 Å². The Bertz CT molecular complexity index is 745. The largest absolute Gasteiger partial charge is 0.473 e. The molecule has 1 aliphatic carbocycles. The molecule has 1 aliphatic heterocycles. The Morgan fingerprint density at radius 2 is 1.96 bits per heavy atom. The number of piperidine rings is 1. The second-order valence-corrected chi connectivity index (χ2v) is 6.90. The standard InChI is InChI=1S/C17H15Cl2FN2O/c18-10-2-1-9(14(20)5-10)8-23-15-4-3-13(19)17(22-15)16-11-6-21-7-12(11)16/h1-5,11-12,16,21H,6-8H2/t11-,12+,16?. The number of aromatic nitrogens is 1. The van der Waals surface area contributed by atoms with E-state index in [-0.39, 0.29) is 12.4 Å². The van der Waals surface area contributed by atoms with Gasteiger partial charge in [-0.05, 0) is 43.1 Å². The summed E-state index contributed by atoms with van der Waals surface area (Å²) in [6, 6.07) is 8.06. The normalized spacial score (nSPS) is 25.3. The van der Waals surface area contributed by atoms with Crippen LogP contribution < -0.4 is 10.1 Å². The van der Waals surface area contributed by atoms with E-state index in [1.165, 1.54) is 6.07 Å². The molecule has 2 heterocycles. The molecule has 2 aliphatic rings. The van der Waals surface area contributed by atoms with Crippen molar-refractivity contribution < 1.29 is 9.13 Å². The van der Waals surface area contributed by atoms with E-state index in [0.29, 0.717) is 39.2 Å². The first kappa shape index (κ1) is 15.2. The quantitative estimate of drug-likeness (QED) is 0.901. The highest BCUT2D eigenvalue weighted by atomic mass is 35.5. The van der Waals surface area contributed by atoms with E-state index in [0.717, 1.165) is 18.8 Å². The summed E-state index contributed by atoms with van der Waals surface area (Å²) in [5.74, 6) is 1.76. The van der Waals surface area contributed by atoms with Crippen molar-refractivity contribution >= 4 is 23.2 Å². The molecule has 1 N–H and O–H groups in total. The van der Waals surface area contributed by atoms with Crippen LogP contribution in [0.3, 0.4) is 0 Å². The summed E-state index contributed by atoms with van der Waals surface area (Å²) in [4.78, 5) is 4.55. The molecule has 1 saturated carbocycles. The molecule has 0 spiro atoms. The molecule has 2 fully saturated rings. The van der Waals surface area contributed by atoms with Gasteiger partial charge in [0.1, 0.15) is 12.4 Å². The number of rotatable bonds is 4. The molecular formula is C17H15Cl2FN2O. The van der Waals surface area contributed by atoms with E-state index < -0.39 is 0 Å². The Balaban J connectivity index is 1.49. The second-order valence-electron chi connectivity index (χ2n) is 6.05. The zero-order valence-corrected chi connectivity index (χ0v) is 13.7. The van der Waals surface area contributed by atoms with Crippen LogP contribution in [0.25, 0.3) is 0 Å². The Labute approximate surface area is 143 Å². The minimum atomic E-state index is -0.380. The summed E-state index contributed by atoms with van der Waals surface area (Å²) in [5.41, 5.74) is 1.34. The van der Waals surface area contributed by atoms with Crippen LogP contribution in [0.2, 0.25) is 10.0 Å². The van der Waals surface area contributed by atoms with Crippen molar-refractivity contribution in [2.24, 2.45) is 11.8 Å². The van der Waals surface area contributed by atoms with Crippen molar-refractivity contribution in [2.75, 3.05) is 13.1 Å². The predicted octanol–water partition coefficient (Wildman–Crippen LogP) is 4.04. The maximum atomic E-state index is 13.8. The number of pyridine rings is 1. The molecule has 4 rings (SSSR count). The molecule has 1 aromatic carbocycles. The number of benzene rings is 1. The van der Waals surface area contributed by atoms with Gasteiger partial charge >= 0.3 is 0 Å². The van der Waals surface area contributed by atoms with E-state index in [1.807, 2.05) is 0 Å². The third kappa shape index (κ3) is 2.91. The average molecular weight is 353 g/mol. The number of ether oxygens (including phenoxy) is 1. The topological polar surface area (TPSA) is 34.1 Å². The van der Waals surface area contributed by atoms with E-state index in [1.54, 1.807) is 24.3 Å². The SMILES string of the molecule is Fc1cc(Cl)ccc1COc1ccc(Cl)c(C2[C@H]3CNC[C@@H]23)n1. The molecule has 0 radical (unpaired) electrons. The van der Waals surface area contributed by atoms with Gasteiger partial charge in [0.2, 0.25) is 5.88 Å². The molecule has 6 heteroatoms. The maximum absolute atomic E-state index is 13.8. The van der Waals surface area contributed by atoms with Crippen LogP contribution in [0.4, 0.5) is 4.39 Å². The predicted molar refractivity (Wildman–Crippen MR) is 87.6 cm³/mol. The fraction of sp³-hybridized carbons (Fsp3) is 0.353. The van der Waals surface area contributed by atoms with Gasteiger partial charge in [0, 0.05) is 22.6 Å². The summed E-state index contributed by atoms with van der Waals surface area (Å²) >= 11 is 12.0. The fourth-order valence-electron chi connectivity index (χ4n) is 3.37. The lowest BCUT2D eigenvalue weighted by molar-refractivity contribution is 0.287. The first-order valence-electron chi connectivity index (χ1n) is 7.57. The summed E-state index contributed by atoms with van der Waals surface area (Å²) in [6.07, 6.45) is 0. The van der Waals surface area contributed by atoms with Crippen LogP contribution in [-0.2, 0) is 6.61 Å². The van der Waals surface area contributed by atoms with Gasteiger partial charge in [0.05, 0.1) is 10.7 Å². The summed E-state index contributed by atoms with van der Waals surface area (Å²) < 4.78 is 19.4. The molecule has 2 aromatic rings. The van der Waals surface area contributed by atoms with Crippen LogP contribution >= 0.6 is 23.2 Å². The van der Waals surface area contributed by atoms with Gasteiger partial charge in [0.15, 0.2) is 0 Å². The Kier molecular flexibility index (Phi) is 3.92. The van der Waals surface area contributed by atoms with Crippen LogP contribution in [0.15, 0.2) is 30.3 Å².